The number of hydrazine groups is 1. The van der Waals surface area contributed by atoms with Crippen molar-refractivity contribution in [1.29, 1.82) is 0 Å². The summed E-state index contributed by atoms with van der Waals surface area (Å²) in [6.07, 6.45) is 3.26. The third kappa shape index (κ3) is 4.68. The fraction of sp³-hybridized carbons (Fsp3) is 0.158. The van der Waals surface area contributed by atoms with Crippen molar-refractivity contribution in [3.63, 3.8) is 0 Å². The summed E-state index contributed by atoms with van der Waals surface area (Å²) in [5, 5.41) is 4.01. The summed E-state index contributed by atoms with van der Waals surface area (Å²) in [7, 11) is 0. The van der Waals surface area contributed by atoms with Gasteiger partial charge in [-0.1, -0.05) is 54.6 Å². The topological polar surface area (TPSA) is 70.7 Å². The number of anilines is 1. The number of rotatable bonds is 4. The van der Waals surface area contributed by atoms with Crippen LogP contribution >= 0.6 is 0 Å². The van der Waals surface area contributed by atoms with E-state index in [2.05, 4.69) is 10.7 Å². The van der Waals surface area contributed by atoms with E-state index in [1.54, 1.807) is 12.3 Å². The lowest BCUT2D eigenvalue weighted by Gasteiger charge is -2.28. The van der Waals surface area contributed by atoms with E-state index in [1.165, 1.54) is 5.01 Å². The Kier molecular flexibility index (Phi) is 5.43. The first-order valence-electron chi connectivity index (χ1n) is 8.01. The van der Waals surface area contributed by atoms with Crippen molar-refractivity contribution in [2.75, 3.05) is 5.32 Å². The van der Waals surface area contributed by atoms with E-state index >= 15 is 0 Å². The maximum absolute atomic E-state index is 12.3. The Bertz CT molecular complexity index is 747. The van der Waals surface area contributed by atoms with E-state index < -0.39 is 12.1 Å². The van der Waals surface area contributed by atoms with Gasteiger partial charge in [0.1, 0.15) is 12.6 Å². The number of benzene rings is 2. The molecule has 6 heteroatoms. The fourth-order valence-corrected chi connectivity index (χ4v) is 2.38. The zero-order valence-electron chi connectivity index (χ0n) is 13.6. The SMILES string of the molecule is O=C(Nc1ccccc1)[C@@H]1CC=CN(C(=O)OCc2ccccc2)N1. The molecule has 1 aliphatic heterocycles. The largest absolute Gasteiger partial charge is 0.443 e. The molecule has 2 aromatic carbocycles. The van der Waals surface area contributed by atoms with Crippen molar-refractivity contribution >= 4 is 17.7 Å². The molecule has 25 heavy (non-hydrogen) atoms. The van der Waals surface area contributed by atoms with Crippen molar-refractivity contribution < 1.29 is 14.3 Å². The molecule has 1 aliphatic rings. The molecule has 0 aromatic heterocycles. The summed E-state index contributed by atoms with van der Waals surface area (Å²) < 4.78 is 5.26. The third-order valence-corrected chi connectivity index (χ3v) is 3.68. The summed E-state index contributed by atoms with van der Waals surface area (Å²) in [6, 6.07) is 18.1. The van der Waals surface area contributed by atoms with E-state index in [4.69, 9.17) is 4.74 Å². The lowest BCUT2D eigenvalue weighted by Crippen LogP contribution is -2.52. The summed E-state index contributed by atoms with van der Waals surface area (Å²) in [6.45, 7) is 0.173. The molecule has 0 radical (unpaired) electrons. The molecular formula is C19H19N3O3. The Morgan fingerprint density at radius 2 is 1.76 bits per heavy atom. The summed E-state index contributed by atoms with van der Waals surface area (Å²) in [5.41, 5.74) is 4.48. The van der Waals surface area contributed by atoms with Gasteiger partial charge in [0.15, 0.2) is 0 Å². The van der Waals surface area contributed by atoms with Gasteiger partial charge in [0.05, 0.1) is 0 Å². The molecule has 0 saturated carbocycles. The molecule has 0 unspecified atom stereocenters. The first kappa shape index (κ1) is 16.7. The number of nitrogens with one attached hydrogen (secondary N) is 2. The van der Waals surface area contributed by atoms with Crippen molar-refractivity contribution in [1.82, 2.24) is 10.4 Å². The van der Waals surface area contributed by atoms with Crippen LogP contribution in [0, 0.1) is 0 Å². The first-order chi connectivity index (χ1) is 12.2. The van der Waals surface area contributed by atoms with Gasteiger partial charge in [-0.15, -0.1) is 0 Å². The molecule has 2 aromatic rings. The highest BCUT2D eigenvalue weighted by atomic mass is 16.6. The predicted octanol–water partition coefficient (Wildman–Crippen LogP) is 3.05. The molecule has 1 heterocycles. The predicted molar refractivity (Wildman–Crippen MR) is 94.2 cm³/mol. The maximum atomic E-state index is 12.3. The van der Waals surface area contributed by atoms with Gasteiger partial charge in [0, 0.05) is 11.9 Å². The number of carbonyl (C=O) groups excluding carboxylic acids is 2. The van der Waals surface area contributed by atoms with E-state index in [9.17, 15) is 9.59 Å². The van der Waals surface area contributed by atoms with Gasteiger partial charge in [0.25, 0.3) is 0 Å². The highest BCUT2D eigenvalue weighted by Gasteiger charge is 2.25. The molecule has 3 rings (SSSR count). The van der Waals surface area contributed by atoms with Crippen LogP contribution < -0.4 is 10.7 Å². The second-order valence-corrected chi connectivity index (χ2v) is 5.57. The molecule has 0 saturated heterocycles. The Morgan fingerprint density at radius 3 is 2.48 bits per heavy atom. The van der Waals surface area contributed by atoms with Crippen molar-refractivity contribution in [3.8, 4) is 0 Å². The van der Waals surface area contributed by atoms with Crippen LogP contribution in [0.1, 0.15) is 12.0 Å². The number of amides is 2. The minimum absolute atomic E-state index is 0.173. The molecule has 6 nitrogen and oxygen atoms in total. The maximum Gasteiger partial charge on any atom is 0.428 e. The number of para-hydroxylation sites is 1. The van der Waals surface area contributed by atoms with Gasteiger partial charge >= 0.3 is 6.09 Å². The van der Waals surface area contributed by atoms with Crippen LogP contribution in [0.4, 0.5) is 10.5 Å². The second-order valence-electron chi connectivity index (χ2n) is 5.57. The standard InChI is InChI=1S/C19H19N3O3/c23-18(20-16-10-5-2-6-11-16)17-12-7-13-22(21-17)19(24)25-14-15-8-3-1-4-9-15/h1-11,13,17,21H,12,14H2,(H,20,23)/t17-/m0/s1. The molecule has 0 aliphatic carbocycles. The van der Waals surface area contributed by atoms with Gasteiger partial charge in [0.2, 0.25) is 5.91 Å². The van der Waals surface area contributed by atoms with Gasteiger partial charge in [-0.3, -0.25) is 4.79 Å². The zero-order valence-corrected chi connectivity index (χ0v) is 13.6. The van der Waals surface area contributed by atoms with Crippen molar-refractivity contribution in [2.45, 2.75) is 19.1 Å². The smallest absolute Gasteiger partial charge is 0.428 e. The number of ether oxygens (including phenoxy) is 1. The average molecular weight is 337 g/mol. The lowest BCUT2D eigenvalue weighted by atomic mass is 10.1. The van der Waals surface area contributed by atoms with E-state index in [1.807, 2.05) is 60.7 Å². The van der Waals surface area contributed by atoms with Gasteiger partial charge in [-0.2, -0.15) is 0 Å². The number of carbonyl (C=O) groups is 2. The minimum Gasteiger partial charge on any atom is -0.443 e. The normalized spacial score (nSPS) is 16.3. The molecule has 2 N–H and O–H groups in total. The van der Waals surface area contributed by atoms with E-state index in [0.29, 0.717) is 12.1 Å². The third-order valence-electron chi connectivity index (χ3n) is 3.68. The van der Waals surface area contributed by atoms with Gasteiger partial charge in [-0.05, 0) is 24.1 Å². The zero-order chi connectivity index (χ0) is 17.5. The Morgan fingerprint density at radius 1 is 1.08 bits per heavy atom. The number of nitrogens with zero attached hydrogens (tertiary/aromatic N) is 1. The molecule has 128 valence electrons. The summed E-state index contributed by atoms with van der Waals surface area (Å²) >= 11 is 0. The molecular weight excluding hydrogens is 318 g/mol. The van der Waals surface area contributed by atoms with Crippen LogP contribution in [0.25, 0.3) is 0 Å². The number of hydrogen-bond acceptors (Lipinski definition) is 4. The fourth-order valence-electron chi connectivity index (χ4n) is 2.38. The van der Waals surface area contributed by atoms with Crippen LogP contribution in [0.5, 0.6) is 0 Å². The lowest BCUT2D eigenvalue weighted by molar-refractivity contribution is -0.119. The van der Waals surface area contributed by atoms with Crippen molar-refractivity contribution in [2.24, 2.45) is 0 Å². The molecule has 1 atom stereocenters. The van der Waals surface area contributed by atoms with Gasteiger partial charge < -0.3 is 10.1 Å². The molecule has 0 bridgehead atoms. The van der Waals surface area contributed by atoms with Gasteiger partial charge in [-0.25, -0.2) is 15.2 Å². The number of hydrogen-bond donors (Lipinski definition) is 2. The van der Waals surface area contributed by atoms with Crippen LogP contribution in [0.3, 0.4) is 0 Å². The van der Waals surface area contributed by atoms with E-state index in [0.717, 1.165) is 5.56 Å². The van der Waals surface area contributed by atoms with Crippen LogP contribution in [0.2, 0.25) is 0 Å². The van der Waals surface area contributed by atoms with Crippen LogP contribution in [0.15, 0.2) is 72.9 Å². The Balaban J connectivity index is 1.53. The Hall–Kier alpha value is -3.12. The minimum atomic E-state index is -0.558. The quantitative estimate of drug-likeness (QED) is 0.899. The average Bonchev–Trinajstić information content (AvgIpc) is 2.68. The highest BCUT2D eigenvalue weighted by Crippen LogP contribution is 2.11. The van der Waals surface area contributed by atoms with E-state index in [-0.39, 0.29) is 12.5 Å². The molecule has 0 spiro atoms. The van der Waals surface area contributed by atoms with Crippen LogP contribution in [-0.2, 0) is 16.1 Å². The molecule has 0 fully saturated rings. The monoisotopic (exact) mass is 337 g/mol. The second kappa shape index (κ2) is 8.12. The first-order valence-corrected chi connectivity index (χ1v) is 8.01. The van der Waals surface area contributed by atoms with Crippen molar-refractivity contribution in [3.05, 3.63) is 78.5 Å². The molecule has 2 amide bonds. The van der Waals surface area contributed by atoms with Crippen LogP contribution in [-0.4, -0.2) is 23.1 Å². The Labute approximate surface area is 146 Å². The summed E-state index contributed by atoms with van der Waals surface area (Å²) in [5.74, 6) is -0.212. The summed E-state index contributed by atoms with van der Waals surface area (Å²) in [4.78, 5) is 24.5. The highest BCUT2D eigenvalue weighted by molar-refractivity contribution is 5.95.